The van der Waals surface area contributed by atoms with Crippen molar-refractivity contribution >= 4 is 17.1 Å². The Labute approximate surface area is 137 Å². The molecule has 0 unspecified atom stereocenters. The highest BCUT2D eigenvalue weighted by molar-refractivity contribution is 5.80. The van der Waals surface area contributed by atoms with Crippen LogP contribution < -0.4 is 5.32 Å². The molecule has 3 heterocycles. The van der Waals surface area contributed by atoms with Crippen LogP contribution in [0.3, 0.4) is 0 Å². The van der Waals surface area contributed by atoms with Gasteiger partial charge in [-0.05, 0) is 35.2 Å². The van der Waals surface area contributed by atoms with Gasteiger partial charge in [-0.1, -0.05) is 12.1 Å². The van der Waals surface area contributed by atoms with Gasteiger partial charge in [0.25, 0.3) is 0 Å². The van der Waals surface area contributed by atoms with Crippen LogP contribution in [0.15, 0.2) is 36.7 Å². The second kappa shape index (κ2) is 5.92. The SMILES string of the molecule is O=C(NCc1cccc(F)c1)N1CCc2c(cnc3[nH]ncc23)C1. The number of pyridine rings is 1. The van der Waals surface area contributed by atoms with Gasteiger partial charge in [0.05, 0.1) is 6.20 Å². The van der Waals surface area contributed by atoms with Gasteiger partial charge in [-0.15, -0.1) is 0 Å². The summed E-state index contributed by atoms with van der Waals surface area (Å²) in [5, 5.41) is 10.7. The molecule has 1 aliphatic heterocycles. The van der Waals surface area contributed by atoms with Gasteiger partial charge < -0.3 is 10.2 Å². The van der Waals surface area contributed by atoms with Crippen LogP contribution in [0.25, 0.3) is 11.0 Å². The highest BCUT2D eigenvalue weighted by Crippen LogP contribution is 2.24. The van der Waals surface area contributed by atoms with Gasteiger partial charge in [0.1, 0.15) is 5.82 Å². The molecule has 2 N–H and O–H groups in total. The normalized spacial score (nSPS) is 13.8. The topological polar surface area (TPSA) is 73.9 Å². The van der Waals surface area contributed by atoms with Crippen LogP contribution in [-0.4, -0.2) is 32.7 Å². The predicted molar refractivity (Wildman–Crippen MR) is 86.6 cm³/mol. The van der Waals surface area contributed by atoms with Crippen LogP contribution in [0.1, 0.15) is 16.7 Å². The average molecular weight is 325 g/mol. The van der Waals surface area contributed by atoms with Crippen LogP contribution in [0, 0.1) is 5.82 Å². The highest BCUT2D eigenvalue weighted by atomic mass is 19.1. The molecule has 0 spiro atoms. The van der Waals surface area contributed by atoms with Gasteiger partial charge in [-0.25, -0.2) is 14.2 Å². The van der Waals surface area contributed by atoms with E-state index in [1.54, 1.807) is 29.4 Å². The first-order valence-electron chi connectivity index (χ1n) is 7.78. The number of hydrogen-bond acceptors (Lipinski definition) is 3. The molecular weight excluding hydrogens is 309 g/mol. The Balaban J connectivity index is 1.45. The number of nitrogens with zero attached hydrogens (tertiary/aromatic N) is 3. The number of hydrogen-bond donors (Lipinski definition) is 2. The first kappa shape index (κ1) is 14.6. The van der Waals surface area contributed by atoms with Gasteiger partial charge in [0, 0.05) is 31.2 Å². The minimum Gasteiger partial charge on any atom is -0.334 e. The summed E-state index contributed by atoms with van der Waals surface area (Å²) < 4.78 is 13.2. The number of H-pyrrole nitrogens is 1. The monoisotopic (exact) mass is 325 g/mol. The Morgan fingerprint density at radius 3 is 3.17 bits per heavy atom. The Morgan fingerprint density at radius 1 is 1.38 bits per heavy atom. The number of carbonyl (C=O) groups is 1. The first-order chi connectivity index (χ1) is 11.7. The van der Waals surface area contributed by atoms with Crippen LogP contribution >= 0.6 is 0 Å². The fourth-order valence-corrected chi connectivity index (χ4v) is 3.06. The van der Waals surface area contributed by atoms with Gasteiger partial charge in [-0.3, -0.25) is 5.10 Å². The molecule has 7 heteroatoms. The Hall–Kier alpha value is -2.96. The molecule has 0 aliphatic carbocycles. The number of aromatic amines is 1. The van der Waals surface area contributed by atoms with Gasteiger partial charge in [0.2, 0.25) is 0 Å². The number of carbonyl (C=O) groups excluding carboxylic acids is 1. The Bertz CT molecular complexity index is 907. The number of nitrogens with one attached hydrogen (secondary N) is 2. The quantitative estimate of drug-likeness (QED) is 0.759. The largest absolute Gasteiger partial charge is 0.334 e. The van der Waals surface area contributed by atoms with Gasteiger partial charge >= 0.3 is 6.03 Å². The second-order valence-corrected chi connectivity index (χ2v) is 5.85. The maximum absolute atomic E-state index is 13.2. The fourth-order valence-electron chi connectivity index (χ4n) is 3.06. The molecule has 4 rings (SSSR count). The number of aromatic nitrogens is 3. The van der Waals surface area contributed by atoms with Crippen molar-refractivity contribution in [2.45, 2.75) is 19.5 Å². The van der Waals surface area contributed by atoms with E-state index in [4.69, 9.17) is 0 Å². The van der Waals surface area contributed by atoms with Gasteiger partial charge in [0.15, 0.2) is 5.65 Å². The van der Waals surface area contributed by atoms with Crippen molar-refractivity contribution in [3.8, 4) is 0 Å². The van der Waals surface area contributed by atoms with Crippen molar-refractivity contribution in [2.24, 2.45) is 0 Å². The molecule has 2 aromatic heterocycles. The summed E-state index contributed by atoms with van der Waals surface area (Å²) in [6.07, 6.45) is 4.34. The maximum atomic E-state index is 13.2. The summed E-state index contributed by atoms with van der Waals surface area (Å²) in [6.45, 7) is 1.45. The van der Waals surface area contributed by atoms with Crippen molar-refractivity contribution in [1.29, 1.82) is 0 Å². The van der Waals surface area contributed by atoms with Crippen molar-refractivity contribution < 1.29 is 9.18 Å². The molecule has 0 saturated carbocycles. The second-order valence-electron chi connectivity index (χ2n) is 5.85. The third-order valence-electron chi connectivity index (χ3n) is 4.29. The number of amides is 2. The minimum atomic E-state index is -0.302. The standard InChI is InChI=1S/C17H16FN5O/c18-13-3-1-2-11(6-13)7-20-17(24)23-5-4-14-12(10-23)8-19-16-15(14)9-21-22-16/h1-3,6,8-9H,4-5,7,10H2,(H,20,24)(H,19,21,22). The lowest BCUT2D eigenvalue weighted by molar-refractivity contribution is 0.192. The third-order valence-corrected chi connectivity index (χ3v) is 4.29. The molecule has 0 saturated heterocycles. The van der Waals surface area contributed by atoms with E-state index in [0.29, 0.717) is 19.6 Å². The van der Waals surface area contributed by atoms with Crippen LogP contribution in [0.5, 0.6) is 0 Å². The summed E-state index contributed by atoms with van der Waals surface area (Å²) >= 11 is 0. The summed E-state index contributed by atoms with van der Waals surface area (Å²) in [4.78, 5) is 18.4. The van der Waals surface area contributed by atoms with E-state index < -0.39 is 0 Å². The highest BCUT2D eigenvalue weighted by Gasteiger charge is 2.22. The molecule has 6 nitrogen and oxygen atoms in total. The molecule has 1 aliphatic rings. The zero-order valence-corrected chi connectivity index (χ0v) is 12.9. The molecule has 3 aromatic rings. The van der Waals surface area contributed by atoms with Crippen molar-refractivity contribution in [3.63, 3.8) is 0 Å². The Morgan fingerprint density at radius 2 is 2.29 bits per heavy atom. The van der Waals surface area contributed by atoms with Crippen molar-refractivity contribution in [3.05, 3.63) is 59.2 Å². The molecule has 0 fully saturated rings. The number of benzene rings is 1. The molecule has 2 amide bonds. The van der Waals surface area contributed by atoms with Crippen LogP contribution in [0.2, 0.25) is 0 Å². The average Bonchev–Trinajstić information content (AvgIpc) is 3.08. The molecular formula is C17H16FN5O. The zero-order chi connectivity index (χ0) is 16.5. The van der Waals surface area contributed by atoms with E-state index in [9.17, 15) is 9.18 Å². The van der Waals surface area contributed by atoms with Gasteiger partial charge in [-0.2, -0.15) is 5.10 Å². The predicted octanol–water partition coefficient (Wildman–Crippen LogP) is 2.36. The van der Waals surface area contributed by atoms with Crippen molar-refractivity contribution in [2.75, 3.05) is 6.54 Å². The Kier molecular flexibility index (Phi) is 3.60. The van der Waals surface area contributed by atoms with Crippen LogP contribution in [-0.2, 0) is 19.5 Å². The molecule has 0 atom stereocenters. The lowest BCUT2D eigenvalue weighted by atomic mass is 9.99. The van der Waals surface area contributed by atoms with E-state index in [0.717, 1.165) is 28.6 Å². The molecule has 1 aromatic carbocycles. The minimum absolute atomic E-state index is 0.155. The summed E-state index contributed by atoms with van der Waals surface area (Å²) in [6, 6.07) is 6.07. The lowest BCUT2D eigenvalue weighted by Crippen LogP contribution is -2.42. The van der Waals surface area contributed by atoms with E-state index in [1.807, 2.05) is 0 Å². The van der Waals surface area contributed by atoms with Crippen molar-refractivity contribution in [1.82, 2.24) is 25.4 Å². The molecule has 122 valence electrons. The lowest BCUT2D eigenvalue weighted by Gasteiger charge is -2.29. The van der Waals surface area contributed by atoms with E-state index in [-0.39, 0.29) is 11.8 Å². The number of fused-ring (bicyclic) bond motifs is 3. The molecule has 0 radical (unpaired) electrons. The van der Waals surface area contributed by atoms with E-state index >= 15 is 0 Å². The number of urea groups is 1. The molecule has 0 bridgehead atoms. The summed E-state index contributed by atoms with van der Waals surface area (Å²) in [5.41, 5.74) is 3.75. The summed E-state index contributed by atoms with van der Waals surface area (Å²) in [7, 11) is 0. The summed E-state index contributed by atoms with van der Waals surface area (Å²) in [5.74, 6) is -0.302. The third kappa shape index (κ3) is 2.68. The number of rotatable bonds is 2. The smallest absolute Gasteiger partial charge is 0.317 e. The van der Waals surface area contributed by atoms with E-state index in [1.165, 1.54) is 17.7 Å². The first-order valence-corrected chi connectivity index (χ1v) is 7.78. The zero-order valence-electron chi connectivity index (χ0n) is 12.9. The van der Waals surface area contributed by atoms with E-state index in [2.05, 4.69) is 20.5 Å². The maximum Gasteiger partial charge on any atom is 0.317 e. The van der Waals surface area contributed by atoms with Crippen LogP contribution in [0.4, 0.5) is 9.18 Å². The number of halogens is 1. The fraction of sp³-hybridized carbons (Fsp3) is 0.235. The molecule has 24 heavy (non-hydrogen) atoms.